The van der Waals surface area contributed by atoms with Crippen LogP contribution >= 0.6 is 15.2 Å². The molecule has 0 bridgehead atoms. The molecule has 11 N–H and O–H groups in total. The van der Waals surface area contributed by atoms with Crippen LogP contribution in [0.3, 0.4) is 0 Å². The van der Waals surface area contributed by atoms with Crippen molar-refractivity contribution in [3.8, 4) is 0 Å². The van der Waals surface area contributed by atoms with E-state index in [9.17, 15) is 73.7 Å². The number of benzene rings is 4. The fraction of sp³-hybridized carbons (Fsp3) is 0.695. The van der Waals surface area contributed by atoms with Crippen molar-refractivity contribution in [2.24, 2.45) is 0 Å². The van der Waals surface area contributed by atoms with Crippen LogP contribution < -0.4 is 34.7 Å². The van der Waals surface area contributed by atoms with Gasteiger partial charge in [0.2, 0.25) is 0 Å². The molecule has 5 aliphatic rings. The second-order valence-electron chi connectivity index (χ2n) is 40.0. The summed E-state index contributed by atoms with van der Waals surface area (Å²) in [5, 5.41) is 94.2. The number of rotatable bonds is 34. The predicted octanol–water partition coefficient (Wildman–Crippen LogP) is 8.33. The summed E-state index contributed by atoms with van der Waals surface area (Å²) < 4.78 is 117. The van der Waals surface area contributed by atoms with Crippen LogP contribution in [0, 0.1) is 0 Å². The molecule has 0 amide bonds. The van der Waals surface area contributed by atoms with E-state index in [1.54, 1.807) is 62.3 Å². The van der Waals surface area contributed by atoms with Crippen LogP contribution in [0.15, 0.2) is 121 Å². The van der Waals surface area contributed by atoms with E-state index >= 15 is 0 Å². The summed E-state index contributed by atoms with van der Waals surface area (Å²) in [6.45, 7) is 54.1. The van der Waals surface area contributed by atoms with E-state index < -0.39 is 153 Å². The Morgan fingerprint density at radius 1 is 0.373 bits per heavy atom. The van der Waals surface area contributed by atoms with Gasteiger partial charge in [-0.15, -0.1) is 0 Å². The summed E-state index contributed by atoms with van der Waals surface area (Å²) in [6, 6.07) is 39.5. The number of aliphatic hydroxyl groups is 9. The topological polar surface area (TPSA) is 522 Å². The van der Waals surface area contributed by atoms with Gasteiger partial charge < -0.3 is 156 Å². The van der Waals surface area contributed by atoms with E-state index in [-0.39, 0.29) is 74.5 Å². The van der Waals surface area contributed by atoms with Crippen molar-refractivity contribution in [1.82, 2.24) is 0 Å². The van der Waals surface area contributed by atoms with E-state index in [1.807, 2.05) is 213 Å². The number of carbonyl (C=O) groups is 5. The number of ether oxygens (including phenoxy) is 15. The molecule has 14 unspecified atom stereocenters. The minimum absolute atomic E-state index is 0. The van der Waals surface area contributed by atoms with E-state index in [0.717, 1.165) is 36.8 Å². The van der Waals surface area contributed by atoms with Crippen molar-refractivity contribution >= 4 is 45.5 Å². The summed E-state index contributed by atoms with van der Waals surface area (Å²) in [7, 11) is -9.39. The van der Waals surface area contributed by atoms with Crippen molar-refractivity contribution in [2.75, 3.05) is 66.1 Å². The molecule has 5 heterocycles. The quantitative estimate of drug-likeness (QED) is 0.0119. The molecular weight excluding hydrogens is 1800 g/mol. The van der Waals surface area contributed by atoms with E-state index in [2.05, 4.69) is 21.4 Å². The number of aldehydes is 3. The Bertz CT molecular complexity index is 4350. The van der Waals surface area contributed by atoms with Gasteiger partial charge in [-0.05, 0) is 237 Å². The molecule has 134 heavy (non-hydrogen) atoms. The molecule has 39 heteroatoms. The molecule has 14 atom stereocenters. The van der Waals surface area contributed by atoms with Gasteiger partial charge in [-0.2, -0.15) is 0 Å². The molecule has 5 aliphatic heterocycles. The van der Waals surface area contributed by atoms with Gasteiger partial charge in [0.1, 0.15) is 61.6 Å². The number of carbonyl (C=O) groups excluding carboxylic acids is 5. The molecule has 4 aromatic rings. The first-order chi connectivity index (χ1) is 60.1. The van der Waals surface area contributed by atoms with Crippen LogP contribution in [0.5, 0.6) is 0 Å². The molecule has 0 radical (unpaired) electrons. The minimum atomic E-state index is -4.90. The third kappa shape index (κ3) is 36.9. The first-order valence-corrected chi connectivity index (χ1v) is 46.6. The molecule has 762 valence electrons. The molecule has 0 aromatic heterocycles. The van der Waals surface area contributed by atoms with Crippen LogP contribution in [-0.2, 0) is 130 Å². The summed E-state index contributed by atoms with van der Waals surface area (Å²) in [5.74, 6) is -3.51. The zero-order valence-corrected chi connectivity index (χ0v) is 88.5. The normalized spacial score (nSPS) is 28.0. The maximum Gasteiger partial charge on any atom is 1.00 e. The third-order valence-electron chi connectivity index (χ3n) is 23.6. The monoisotopic (exact) mass is 1960 g/mol. The Hall–Kier alpha value is -4.79. The van der Waals surface area contributed by atoms with Crippen molar-refractivity contribution in [2.45, 2.75) is 360 Å². The van der Waals surface area contributed by atoms with Crippen molar-refractivity contribution in [3.05, 3.63) is 144 Å². The van der Waals surface area contributed by atoms with Crippen LogP contribution in [0.1, 0.15) is 237 Å². The van der Waals surface area contributed by atoms with E-state index in [0.29, 0.717) is 52.5 Å². The second kappa shape index (κ2) is 49.3. The Kier molecular flexibility index (Phi) is 46.8. The molecule has 0 saturated carbocycles. The average molecular weight is 1960 g/mol. The van der Waals surface area contributed by atoms with Gasteiger partial charge in [0.25, 0.3) is 0 Å². The second-order valence-corrected chi connectivity index (χ2v) is 43.3. The number of carboxylic acid groups (broad SMARTS) is 1. The maximum absolute atomic E-state index is 11.7. The van der Waals surface area contributed by atoms with Gasteiger partial charge >= 0.3 is 50.5 Å². The number of aliphatic hydroxyl groups excluding tert-OH is 3. The zero-order chi connectivity index (χ0) is 103. The summed E-state index contributed by atoms with van der Waals surface area (Å²) in [4.78, 5) is 71.8. The molecule has 0 spiro atoms. The number of hydrogen-bond acceptors (Lipinski definition) is 34. The van der Waals surface area contributed by atoms with Crippen LogP contribution in [0.25, 0.3) is 0 Å². The standard InChI is InChI=1S/C16H24O4.C16H22O4.C16H24O3.C13H18O4.C12H23O7P.C9H18O3.C7H15O7P.C6H12O4.Na/c2*1-14(2)19-15(3,11-17)16(4,20-14)12-18-10-13-8-6-5-7-9-13;1-14(2)16(5,19-15(3,4)18-14)12-17-11-13-9-7-6-8-10-13;1-12(15,9-14)13(2,16)10-17-8-11-6-4-3-5-7-11;1-7-16-9(13)20(14,15)17-8-12(6)10(2,3)18-11(4,5)19-12;1-7(2)9(5,6-10)12-8(3,4)11-7;1-6(2,10)7(3,11)4-14-15(12,13)5(8)9;1-5(9,3-7)6(2,10)4-8;/h5-9,17H,10-12H2,1-4H3;5-9,11H,10,12H2,1-4H3;6-10H,11-12H2,1-5H3;3-7,9,15-16H,8,10H2,1-2H3;7-8H2,1-6H3,(H,14,15);10H,6H2,1-5H3;10-11H,4H2,1-3H3,(H,8,9)(H,12,13);3,8-10H,4H2,1-2H3;/q;;;;;;;;+1/p-1. The van der Waals surface area contributed by atoms with Crippen molar-refractivity contribution in [1.29, 1.82) is 0 Å². The van der Waals surface area contributed by atoms with Gasteiger partial charge in [-0.25, -0.2) is 9.36 Å². The van der Waals surface area contributed by atoms with Gasteiger partial charge in [0, 0.05) is 0 Å². The maximum atomic E-state index is 11.7. The smallest absolute Gasteiger partial charge is 0.538 e. The fourth-order valence-electron chi connectivity index (χ4n) is 13.4. The predicted molar refractivity (Wildman–Crippen MR) is 490 cm³/mol. The first kappa shape index (κ1) is 127. The molecule has 36 nitrogen and oxygen atoms in total. The van der Waals surface area contributed by atoms with Gasteiger partial charge in [-0.1, -0.05) is 121 Å². The molecule has 4 aromatic carbocycles. The minimum Gasteiger partial charge on any atom is -0.538 e. The summed E-state index contributed by atoms with van der Waals surface area (Å²) >= 11 is 0. The molecular formula is C95H155NaO36P2. The third-order valence-corrected chi connectivity index (χ3v) is 25.6. The fourth-order valence-corrected chi connectivity index (χ4v) is 14.7. The summed E-state index contributed by atoms with van der Waals surface area (Å²) in [5.41, 5.74) is -16.6. The Labute approximate surface area is 813 Å². The molecule has 0 aliphatic carbocycles. The zero-order valence-electron chi connectivity index (χ0n) is 84.7. The number of hydrogen-bond donors (Lipinski definition) is 11. The van der Waals surface area contributed by atoms with Gasteiger partial charge in [0.15, 0.2) is 59.1 Å². The van der Waals surface area contributed by atoms with Gasteiger partial charge in [0.05, 0.1) is 115 Å². The van der Waals surface area contributed by atoms with Crippen molar-refractivity contribution in [3.63, 3.8) is 0 Å². The summed E-state index contributed by atoms with van der Waals surface area (Å²) in [6.07, 6.45) is 1.32. The SMILES string of the molecule is CC(C)(O)C(C)(O)COP(=O)(O)C(=O)[O-].CC(O)(C=O)C(C)(O)CO.CC(O)(C=O)C(C)(O)COCc1ccccc1.CC1(C)OC(C)(C)C(C)(CO)O1.CC1(C)OC(C)(C)C(C)(COCc2ccccc2)O1.CC1(C)OC(C)(C=O)C(C)(COCc2ccccc2)O1.CC1(C)OC(C)(CO)C(C)(COCc2ccccc2)O1.CCOC(=O)P(=O)(O)OCC1(C)OC(C)(C)OC1(C)C.[Na+]. The Morgan fingerprint density at radius 3 is 0.955 bits per heavy atom. The molecule has 9 rings (SSSR count). The van der Waals surface area contributed by atoms with Crippen molar-refractivity contribution < 1.29 is 204 Å². The van der Waals surface area contributed by atoms with Crippen LogP contribution in [0.2, 0.25) is 0 Å². The van der Waals surface area contributed by atoms with E-state index in [4.69, 9.17) is 91.1 Å². The Morgan fingerprint density at radius 2 is 0.664 bits per heavy atom. The first-order valence-electron chi connectivity index (χ1n) is 43.5. The van der Waals surface area contributed by atoms with E-state index in [1.165, 1.54) is 40.2 Å². The average Bonchev–Trinajstić information content (AvgIpc) is 1.61. The largest absolute Gasteiger partial charge is 1.00 e. The van der Waals surface area contributed by atoms with Gasteiger partial charge in [-0.3, -0.25) is 9.09 Å². The Balaban J connectivity index is 0.000000772. The molecule has 5 saturated heterocycles. The molecule has 5 fully saturated rings. The van der Waals surface area contributed by atoms with Crippen LogP contribution in [-0.4, -0.2) is 271 Å². The van der Waals surface area contributed by atoms with Crippen LogP contribution in [0.4, 0.5) is 9.59 Å².